The van der Waals surface area contributed by atoms with Crippen molar-refractivity contribution in [3.05, 3.63) is 29.3 Å². The second kappa shape index (κ2) is 5.82. The first-order valence-electron chi connectivity index (χ1n) is 6.66. The number of nitrogen functional groups attached to an aromatic ring is 1. The fourth-order valence-corrected chi connectivity index (χ4v) is 2.58. The molecule has 1 unspecified atom stereocenters. The maximum Gasteiger partial charge on any atom is 0.418 e. The van der Waals surface area contributed by atoms with E-state index in [2.05, 4.69) is 5.32 Å². The first-order valence-corrected chi connectivity index (χ1v) is 6.66. The molecule has 5 heteroatoms. The Morgan fingerprint density at radius 2 is 2.05 bits per heavy atom. The highest BCUT2D eigenvalue weighted by molar-refractivity contribution is 5.55. The summed E-state index contributed by atoms with van der Waals surface area (Å²) in [7, 11) is 0. The molecular formula is C14H19F3N2. The molecule has 1 aliphatic rings. The summed E-state index contributed by atoms with van der Waals surface area (Å²) in [6, 6.07) is 4.57. The lowest BCUT2D eigenvalue weighted by Crippen LogP contribution is -2.34. The third kappa shape index (κ3) is 3.62. The number of hydrogen-bond acceptors (Lipinski definition) is 2. The Hall–Kier alpha value is -1.23. The molecule has 1 aromatic carbocycles. The monoisotopic (exact) mass is 272 g/mol. The molecule has 0 bridgehead atoms. The van der Waals surface area contributed by atoms with Crippen molar-refractivity contribution in [3.8, 4) is 0 Å². The molecule has 2 rings (SSSR count). The standard InChI is InChI=1S/C14H19F3N2/c15-14(16,17)12-6-3-4-10(13(12)18)7-8-11-5-1-2-9-19-11/h3-4,6,11,19H,1-2,5,7-9,18H2. The number of nitrogens with one attached hydrogen (secondary N) is 1. The van der Waals surface area contributed by atoms with Crippen LogP contribution in [0.5, 0.6) is 0 Å². The van der Waals surface area contributed by atoms with Gasteiger partial charge in [0.15, 0.2) is 0 Å². The normalized spacial score (nSPS) is 20.5. The second-order valence-electron chi connectivity index (χ2n) is 5.06. The number of aryl methyl sites for hydroxylation is 1. The Kier molecular flexibility index (Phi) is 4.34. The summed E-state index contributed by atoms with van der Waals surface area (Å²) >= 11 is 0. The van der Waals surface area contributed by atoms with Crippen molar-refractivity contribution in [3.63, 3.8) is 0 Å². The van der Waals surface area contributed by atoms with E-state index >= 15 is 0 Å². The highest BCUT2D eigenvalue weighted by Gasteiger charge is 2.33. The zero-order chi connectivity index (χ0) is 13.9. The van der Waals surface area contributed by atoms with Crippen molar-refractivity contribution in [1.29, 1.82) is 0 Å². The Labute approximate surface area is 111 Å². The van der Waals surface area contributed by atoms with E-state index in [1.807, 2.05) is 0 Å². The van der Waals surface area contributed by atoms with Gasteiger partial charge in [-0.1, -0.05) is 18.6 Å². The van der Waals surface area contributed by atoms with E-state index in [0.29, 0.717) is 18.0 Å². The maximum atomic E-state index is 12.7. The van der Waals surface area contributed by atoms with Crippen molar-refractivity contribution < 1.29 is 13.2 Å². The molecule has 2 nitrogen and oxygen atoms in total. The Bertz CT molecular complexity index is 423. The molecule has 0 radical (unpaired) electrons. The number of piperidine rings is 1. The Balaban J connectivity index is 2.04. The molecule has 1 heterocycles. The van der Waals surface area contributed by atoms with E-state index in [1.165, 1.54) is 18.9 Å². The topological polar surface area (TPSA) is 38.0 Å². The molecule has 0 amide bonds. The van der Waals surface area contributed by atoms with Gasteiger partial charge in [-0.15, -0.1) is 0 Å². The summed E-state index contributed by atoms with van der Waals surface area (Å²) in [6.45, 7) is 1.00. The second-order valence-corrected chi connectivity index (χ2v) is 5.06. The molecule has 19 heavy (non-hydrogen) atoms. The van der Waals surface area contributed by atoms with Crippen LogP contribution in [0.25, 0.3) is 0 Å². The largest absolute Gasteiger partial charge is 0.418 e. The van der Waals surface area contributed by atoms with Crippen molar-refractivity contribution in [2.24, 2.45) is 0 Å². The van der Waals surface area contributed by atoms with E-state index in [-0.39, 0.29) is 5.69 Å². The summed E-state index contributed by atoms with van der Waals surface area (Å²) in [6.07, 6.45) is 0.527. The first-order chi connectivity index (χ1) is 8.98. The van der Waals surface area contributed by atoms with Crippen molar-refractivity contribution in [1.82, 2.24) is 5.32 Å². The zero-order valence-corrected chi connectivity index (χ0v) is 10.8. The van der Waals surface area contributed by atoms with E-state index < -0.39 is 11.7 Å². The molecular weight excluding hydrogens is 253 g/mol. The van der Waals surface area contributed by atoms with Gasteiger partial charge in [0.2, 0.25) is 0 Å². The average molecular weight is 272 g/mol. The van der Waals surface area contributed by atoms with Gasteiger partial charge in [-0.25, -0.2) is 0 Å². The number of anilines is 1. The van der Waals surface area contributed by atoms with Gasteiger partial charge in [-0.2, -0.15) is 13.2 Å². The molecule has 1 aromatic rings. The third-order valence-corrected chi connectivity index (χ3v) is 3.68. The van der Waals surface area contributed by atoms with Crippen LogP contribution in [-0.4, -0.2) is 12.6 Å². The number of alkyl halides is 3. The van der Waals surface area contributed by atoms with Crippen LogP contribution in [0.2, 0.25) is 0 Å². The average Bonchev–Trinajstić information content (AvgIpc) is 2.37. The van der Waals surface area contributed by atoms with E-state index in [0.717, 1.165) is 25.5 Å². The molecule has 1 saturated heterocycles. The lowest BCUT2D eigenvalue weighted by atomic mass is 9.96. The van der Waals surface area contributed by atoms with Crippen molar-refractivity contribution in [2.75, 3.05) is 12.3 Å². The van der Waals surface area contributed by atoms with Gasteiger partial charge in [0.1, 0.15) is 0 Å². The number of rotatable bonds is 3. The highest BCUT2D eigenvalue weighted by Crippen LogP contribution is 2.35. The summed E-state index contributed by atoms with van der Waals surface area (Å²) in [5.41, 5.74) is 5.40. The van der Waals surface area contributed by atoms with Gasteiger partial charge in [0.05, 0.1) is 5.56 Å². The van der Waals surface area contributed by atoms with Crippen molar-refractivity contribution >= 4 is 5.69 Å². The van der Waals surface area contributed by atoms with Crippen molar-refractivity contribution in [2.45, 2.75) is 44.3 Å². The lowest BCUT2D eigenvalue weighted by molar-refractivity contribution is -0.136. The molecule has 0 spiro atoms. The summed E-state index contributed by atoms with van der Waals surface area (Å²) in [4.78, 5) is 0. The van der Waals surface area contributed by atoms with E-state index in [1.54, 1.807) is 6.07 Å². The van der Waals surface area contributed by atoms with E-state index in [4.69, 9.17) is 5.73 Å². The third-order valence-electron chi connectivity index (χ3n) is 3.68. The molecule has 3 N–H and O–H groups in total. The number of hydrogen-bond donors (Lipinski definition) is 2. The lowest BCUT2D eigenvalue weighted by Gasteiger charge is -2.23. The van der Waals surface area contributed by atoms with Crippen LogP contribution in [-0.2, 0) is 12.6 Å². The molecule has 106 valence electrons. The van der Waals surface area contributed by atoms with Crippen LogP contribution in [0, 0.1) is 0 Å². The molecule has 1 fully saturated rings. The number of para-hydroxylation sites is 1. The highest BCUT2D eigenvalue weighted by atomic mass is 19.4. The fraction of sp³-hybridized carbons (Fsp3) is 0.571. The van der Waals surface area contributed by atoms with Gasteiger partial charge in [-0.05, 0) is 43.9 Å². The number of benzene rings is 1. The van der Waals surface area contributed by atoms with Crippen LogP contribution < -0.4 is 11.1 Å². The minimum atomic E-state index is -4.37. The molecule has 1 aliphatic heterocycles. The predicted octanol–water partition coefficient (Wildman–Crippen LogP) is 3.36. The van der Waals surface area contributed by atoms with Crippen LogP contribution in [0.4, 0.5) is 18.9 Å². The van der Waals surface area contributed by atoms with Gasteiger partial charge < -0.3 is 11.1 Å². The minimum absolute atomic E-state index is 0.120. The smallest absolute Gasteiger partial charge is 0.398 e. The SMILES string of the molecule is Nc1c(CCC2CCCCN2)cccc1C(F)(F)F. The molecule has 1 atom stereocenters. The van der Waals surface area contributed by atoms with Gasteiger partial charge in [0, 0.05) is 11.7 Å². The van der Waals surface area contributed by atoms with Gasteiger partial charge >= 0.3 is 6.18 Å². The maximum absolute atomic E-state index is 12.7. The van der Waals surface area contributed by atoms with Gasteiger partial charge in [-0.3, -0.25) is 0 Å². The number of nitrogens with two attached hydrogens (primary N) is 1. The first kappa shape index (κ1) is 14.2. The predicted molar refractivity (Wildman–Crippen MR) is 69.8 cm³/mol. The van der Waals surface area contributed by atoms with Crippen LogP contribution in [0.1, 0.15) is 36.8 Å². The number of halogens is 3. The quantitative estimate of drug-likeness (QED) is 0.828. The summed E-state index contributed by atoms with van der Waals surface area (Å²) < 4.78 is 38.2. The van der Waals surface area contributed by atoms with E-state index in [9.17, 15) is 13.2 Å². The van der Waals surface area contributed by atoms with Crippen LogP contribution >= 0.6 is 0 Å². The molecule has 0 saturated carbocycles. The van der Waals surface area contributed by atoms with Crippen LogP contribution in [0.15, 0.2) is 18.2 Å². The Morgan fingerprint density at radius 3 is 2.68 bits per heavy atom. The van der Waals surface area contributed by atoms with Crippen LogP contribution in [0.3, 0.4) is 0 Å². The molecule has 0 aliphatic carbocycles. The Morgan fingerprint density at radius 1 is 1.26 bits per heavy atom. The van der Waals surface area contributed by atoms with Gasteiger partial charge in [0.25, 0.3) is 0 Å². The fourth-order valence-electron chi connectivity index (χ4n) is 2.58. The summed E-state index contributed by atoms with van der Waals surface area (Å²) in [5, 5.41) is 3.39. The molecule has 0 aromatic heterocycles. The minimum Gasteiger partial charge on any atom is -0.398 e. The summed E-state index contributed by atoms with van der Waals surface area (Å²) in [5.74, 6) is 0. The zero-order valence-electron chi connectivity index (χ0n) is 10.8.